The number of aromatic hydroxyl groups is 2. The summed E-state index contributed by atoms with van der Waals surface area (Å²) in [6.45, 7) is 4.98. The van der Waals surface area contributed by atoms with E-state index in [4.69, 9.17) is 4.74 Å². The van der Waals surface area contributed by atoms with Crippen LogP contribution in [0.25, 0.3) is 0 Å². The molecule has 1 aromatic carbocycles. The van der Waals surface area contributed by atoms with Gasteiger partial charge in [-0.2, -0.15) is 0 Å². The van der Waals surface area contributed by atoms with Gasteiger partial charge in [-0.1, -0.05) is 6.07 Å². The zero-order valence-corrected chi connectivity index (χ0v) is 12.2. The van der Waals surface area contributed by atoms with E-state index in [-0.39, 0.29) is 23.4 Å². The molecule has 1 saturated heterocycles. The second-order valence-corrected chi connectivity index (χ2v) is 5.16. The molecule has 1 atom stereocenters. The SMILES string of the molecule is CC(NCCC(=O)N1CCOCC1)c1ccc(O)cc1O. The maximum absolute atomic E-state index is 12.0. The van der Waals surface area contributed by atoms with Crippen molar-refractivity contribution in [3.8, 4) is 11.5 Å². The molecule has 6 nitrogen and oxygen atoms in total. The molecule has 1 amide bonds. The summed E-state index contributed by atoms with van der Waals surface area (Å²) in [6.07, 6.45) is 0.420. The number of hydrogen-bond acceptors (Lipinski definition) is 5. The molecule has 1 fully saturated rings. The standard InChI is InChI=1S/C15H22N2O4/c1-11(13-3-2-12(18)10-14(13)19)16-5-4-15(20)17-6-8-21-9-7-17/h2-3,10-11,16,18-19H,4-9H2,1H3. The van der Waals surface area contributed by atoms with E-state index in [9.17, 15) is 15.0 Å². The van der Waals surface area contributed by atoms with Gasteiger partial charge in [0.25, 0.3) is 0 Å². The zero-order valence-electron chi connectivity index (χ0n) is 12.2. The highest BCUT2D eigenvalue weighted by atomic mass is 16.5. The minimum Gasteiger partial charge on any atom is -0.508 e. The van der Waals surface area contributed by atoms with Crippen LogP contribution in [0.4, 0.5) is 0 Å². The molecule has 21 heavy (non-hydrogen) atoms. The van der Waals surface area contributed by atoms with Gasteiger partial charge in [0.05, 0.1) is 13.2 Å². The summed E-state index contributed by atoms with van der Waals surface area (Å²) in [4.78, 5) is 13.8. The highest BCUT2D eigenvalue weighted by Crippen LogP contribution is 2.27. The fourth-order valence-corrected chi connectivity index (χ4v) is 2.37. The molecular formula is C15H22N2O4. The minimum atomic E-state index is -0.0944. The Morgan fingerprint density at radius 3 is 2.76 bits per heavy atom. The first-order chi connectivity index (χ1) is 10.1. The third-order valence-corrected chi connectivity index (χ3v) is 3.63. The predicted octanol–water partition coefficient (Wildman–Crippen LogP) is 0.997. The topological polar surface area (TPSA) is 82.0 Å². The molecule has 1 aliphatic heterocycles. The van der Waals surface area contributed by atoms with Crippen LogP contribution in [-0.2, 0) is 9.53 Å². The third kappa shape index (κ3) is 4.34. The quantitative estimate of drug-likeness (QED) is 0.754. The van der Waals surface area contributed by atoms with Crippen molar-refractivity contribution >= 4 is 5.91 Å². The number of benzene rings is 1. The molecule has 0 aliphatic carbocycles. The van der Waals surface area contributed by atoms with Crippen LogP contribution in [0.3, 0.4) is 0 Å². The van der Waals surface area contributed by atoms with Gasteiger partial charge in [0.2, 0.25) is 5.91 Å². The van der Waals surface area contributed by atoms with E-state index in [1.165, 1.54) is 12.1 Å². The Hall–Kier alpha value is -1.79. The molecular weight excluding hydrogens is 272 g/mol. The molecule has 1 aromatic rings. The van der Waals surface area contributed by atoms with Crippen LogP contribution in [0, 0.1) is 0 Å². The fraction of sp³-hybridized carbons (Fsp3) is 0.533. The lowest BCUT2D eigenvalue weighted by molar-refractivity contribution is -0.135. The number of nitrogens with one attached hydrogen (secondary N) is 1. The van der Waals surface area contributed by atoms with Gasteiger partial charge < -0.3 is 25.2 Å². The molecule has 2 rings (SSSR count). The molecule has 1 unspecified atom stereocenters. The zero-order chi connectivity index (χ0) is 15.2. The summed E-state index contributed by atoms with van der Waals surface area (Å²) >= 11 is 0. The van der Waals surface area contributed by atoms with Crippen LogP contribution >= 0.6 is 0 Å². The molecule has 0 bridgehead atoms. The largest absolute Gasteiger partial charge is 0.508 e. The van der Waals surface area contributed by atoms with E-state index < -0.39 is 0 Å². The smallest absolute Gasteiger partial charge is 0.224 e. The molecule has 3 N–H and O–H groups in total. The Labute approximate surface area is 124 Å². The van der Waals surface area contributed by atoms with Gasteiger partial charge in [0, 0.05) is 43.7 Å². The van der Waals surface area contributed by atoms with Crippen molar-refractivity contribution in [2.24, 2.45) is 0 Å². The van der Waals surface area contributed by atoms with Crippen molar-refractivity contribution in [2.45, 2.75) is 19.4 Å². The molecule has 0 saturated carbocycles. The second-order valence-electron chi connectivity index (χ2n) is 5.16. The molecule has 1 heterocycles. The summed E-state index contributed by atoms with van der Waals surface area (Å²) < 4.78 is 5.22. The number of ether oxygens (including phenoxy) is 1. The molecule has 116 valence electrons. The van der Waals surface area contributed by atoms with Crippen molar-refractivity contribution in [3.05, 3.63) is 23.8 Å². The number of phenols is 2. The maximum atomic E-state index is 12.0. The number of hydrogen-bond donors (Lipinski definition) is 3. The van der Waals surface area contributed by atoms with Crippen LogP contribution in [0.15, 0.2) is 18.2 Å². The van der Waals surface area contributed by atoms with Crippen molar-refractivity contribution < 1.29 is 19.7 Å². The Morgan fingerprint density at radius 1 is 1.38 bits per heavy atom. The summed E-state index contributed by atoms with van der Waals surface area (Å²) in [5.41, 5.74) is 0.701. The predicted molar refractivity (Wildman–Crippen MR) is 78.2 cm³/mol. The number of morpholine rings is 1. The number of amides is 1. The maximum Gasteiger partial charge on any atom is 0.224 e. The average molecular weight is 294 g/mol. The minimum absolute atomic E-state index is 0.0333. The Kier molecular flexibility index (Phi) is 5.41. The lowest BCUT2D eigenvalue weighted by atomic mass is 10.1. The van der Waals surface area contributed by atoms with E-state index >= 15 is 0 Å². The van der Waals surface area contributed by atoms with Gasteiger partial charge in [-0.05, 0) is 13.0 Å². The Morgan fingerprint density at radius 2 is 2.10 bits per heavy atom. The van der Waals surface area contributed by atoms with Gasteiger partial charge in [0.15, 0.2) is 0 Å². The van der Waals surface area contributed by atoms with E-state index in [0.29, 0.717) is 44.8 Å². The van der Waals surface area contributed by atoms with Crippen LogP contribution in [0.1, 0.15) is 24.9 Å². The Balaban J connectivity index is 1.78. The summed E-state index contributed by atoms with van der Waals surface area (Å²) in [5, 5.41) is 22.3. The monoisotopic (exact) mass is 294 g/mol. The number of phenolic OH excluding ortho intramolecular Hbond substituents is 2. The summed E-state index contributed by atoms with van der Waals surface area (Å²) in [5.74, 6) is 0.202. The lowest BCUT2D eigenvalue weighted by Crippen LogP contribution is -2.41. The van der Waals surface area contributed by atoms with E-state index in [1.807, 2.05) is 11.8 Å². The molecule has 6 heteroatoms. The van der Waals surface area contributed by atoms with Gasteiger partial charge in [-0.25, -0.2) is 0 Å². The first-order valence-electron chi connectivity index (χ1n) is 7.18. The van der Waals surface area contributed by atoms with Crippen LogP contribution in [0.2, 0.25) is 0 Å². The van der Waals surface area contributed by atoms with Crippen LogP contribution in [0.5, 0.6) is 11.5 Å². The molecule has 0 radical (unpaired) electrons. The van der Waals surface area contributed by atoms with Gasteiger partial charge in [-0.15, -0.1) is 0 Å². The molecule has 0 aromatic heterocycles. The Bertz CT molecular complexity index is 487. The van der Waals surface area contributed by atoms with Gasteiger partial charge >= 0.3 is 0 Å². The van der Waals surface area contributed by atoms with Crippen molar-refractivity contribution in [1.82, 2.24) is 10.2 Å². The highest BCUT2D eigenvalue weighted by Gasteiger charge is 2.17. The number of rotatable bonds is 5. The van der Waals surface area contributed by atoms with Crippen molar-refractivity contribution in [3.63, 3.8) is 0 Å². The second kappa shape index (κ2) is 7.28. The van der Waals surface area contributed by atoms with E-state index in [0.717, 1.165) is 0 Å². The van der Waals surface area contributed by atoms with E-state index in [2.05, 4.69) is 5.32 Å². The lowest BCUT2D eigenvalue weighted by Gasteiger charge is -2.27. The first-order valence-corrected chi connectivity index (χ1v) is 7.18. The highest BCUT2D eigenvalue weighted by molar-refractivity contribution is 5.76. The van der Waals surface area contributed by atoms with Gasteiger partial charge in [0.1, 0.15) is 11.5 Å². The summed E-state index contributed by atoms with van der Waals surface area (Å²) in [7, 11) is 0. The molecule has 1 aliphatic rings. The van der Waals surface area contributed by atoms with Gasteiger partial charge in [-0.3, -0.25) is 4.79 Å². The van der Waals surface area contributed by atoms with Crippen LogP contribution in [-0.4, -0.2) is 53.9 Å². The number of carbonyl (C=O) groups is 1. The summed E-state index contributed by atoms with van der Waals surface area (Å²) in [6, 6.07) is 4.42. The normalized spacial score (nSPS) is 16.7. The fourth-order valence-electron chi connectivity index (χ4n) is 2.37. The molecule has 0 spiro atoms. The van der Waals surface area contributed by atoms with E-state index in [1.54, 1.807) is 6.07 Å². The third-order valence-electron chi connectivity index (χ3n) is 3.63. The van der Waals surface area contributed by atoms with Crippen molar-refractivity contribution in [1.29, 1.82) is 0 Å². The van der Waals surface area contributed by atoms with Crippen molar-refractivity contribution in [2.75, 3.05) is 32.8 Å². The first kappa shape index (κ1) is 15.6. The number of nitrogens with zero attached hydrogens (tertiary/aromatic N) is 1. The number of carbonyl (C=O) groups excluding carboxylic acids is 1. The average Bonchev–Trinajstić information content (AvgIpc) is 2.47. The van der Waals surface area contributed by atoms with Crippen LogP contribution < -0.4 is 5.32 Å².